The summed E-state index contributed by atoms with van der Waals surface area (Å²) in [5.74, 6) is 1.18. The smallest absolute Gasteiger partial charge is 0.338 e. The monoisotopic (exact) mass is 530 g/mol. The van der Waals surface area contributed by atoms with Gasteiger partial charge in [-0.25, -0.2) is 9.48 Å². The zero-order valence-corrected chi connectivity index (χ0v) is 21.8. The van der Waals surface area contributed by atoms with E-state index in [9.17, 15) is 4.79 Å². The number of anilines is 1. The van der Waals surface area contributed by atoms with Gasteiger partial charge in [-0.2, -0.15) is 10.1 Å². The van der Waals surface area contributed by atoms with Gasteiger partial charge in [0.05, 0.1) is 24.5 Å². The molecule has 194 valence electrons. The fourth-order valence-corrected chi connectivity index (χ4v) is 4.57. The molecule has 1 atom stereocenters. The summed E-state index contributed by atoms with van der Waals surface area (Å²) >= 11 is 6.31. The molecule has 0 spiro atoms. The number of aromatic nitrogens is 3. The molecule has 9 heteroatoms. The van der Waals surface area contributed by atoms with E-state index in [0.29, 0.717) is 40.3 Å². The molecule has 1 aliphatic heterocycles. The molecule has 0 radical (unpaired) electrons. The van der Waals surface area contributed by atoms with E-state index in [1.165, 1.54) is 6.33 Å². The maximum Gasteiger partial charge on any atom is 0.338 e. The fourth-order valence-electron chi connectivity index (χ4n) is 4.38. The lowest BCUT2D eigenvalue weighted by Gasteiger charge is -2.30. The highest BCUT2D eigenvalue weighted by atomic mass is 35.5. The Bertz CT molecular complexity index is 1470. The van der Waals surface area contributed by atoms with Crippen molar-refractivity contribution in [1.82, 2.24) is 14.8 Å². The minimum absolute atomic E-state index is 0.236. The van der Waals surface area contributed by atoms with Crippen LogP contribution in [0.5, 0.6) is 11.5 Å². The van der Waals surface area contributed by atoms with Gasteiger partial charge >= 0.3 is 5.97 Å². The van der Waals surface area contributed by atoms with E-state index in [-0.39, 0.29) is 13.2 Å². The summed E-state index contributed by atoms with van der Waals surface area (Å²) in [4.78, 5) is 17.8. The predicted octanol–water partition coefficient (Wildman–Crippen LogP) is 5.90. The zero-order chi connectivity index (χ0) is 26.5. The van der Waals surface area contributed by atoms with E-state index in [0.717, 1.165) is 16.7 Å². The maximum atomic E-state index is 13.4. The molecule has 0 bridgehead atoms. The Morgan fingerprint density at radius 1 is 0.974 bits per heavy atom. The molecular weight excluding hydrogens is 504 g/mol. The molecule has 4 aromatic rings. The van der Waals surface area contributed by atoms with Crippen LogP contribution in [-0.2, 0) is 16.1 Å². The van der Waals surface area contributed by atoms with Crippen molar-refractivity contribution in [2.75, 3.05) is 18.5 Å². The first kappa shape index (κ1) is 25.4. The van der Waals surface area contributed by atoms with E-state index in [2.05, 4.69) is 15.4 Å². The van der Waals surface area contributed by atoms with Crippen LogP contribution in [-0.4, -0.2) is 33.9 Å². The van der Waals surface area contributed by atoms with Crippen LogP contribution in [0.15, 0.2) is 84.7 Å². The third-order valence-corrected chi connectivity index (χ3v) is 6.45. The van der Waals surface area contributed by atoms with Gasteiger partial charge in [0.2, 0.25) is 5.95 Å². The number of carbonyl (C=O) groups excluding carboxylic acids is 1. The van der Waals surface area contributed by atoms with Gasteiger partial charge < -0.3 is 19.5 Å². The molecule has 3 aromatic carbocycles. The first-order valence-electron chi connectivity index (χ1n) is 12.4. The summed E-state index contributed by atoms with van der Waals surface area (Å²) in [6.07, 6.45) is 1.45. The molecule has 8 nitrogen and oxygen atoms in total. The quantitative estimate of drug-likeness (QED) is 0.270. The van der Waals surface area contributed by atoms with E-state index in [1.807, 2.05) is 79.7 Å². The van der Waals surface area contributed by atoms with Crippen molar-refractivity contribution >= 4 is 29.2 Å². The second kappa shape index (κ2) is 11.4. The normalized spacial score (nSPS) is 14.4. The van der Waals surface area contributed by atoms with Crippen molar-refractivity contribution < 1.29 is 19.0 Å². The van der Waals surface area contributed by atoms with Gasteiger partial charge in [0, 0.05) is 10.6 Å². The van der Waals surface area contributed by atoms with Crippen LogP contribution >= 0.6 is 11.6 Å². The number of nitrogens with zero attached hydrogens (tertiary/aromatic N) is 3. The summed E-state index contributed by atoms with van der Waals surface area (Å²) in [5.41, 5.74) is 3.50. The predicted molar refractivity (Wildman–Crippen MR) is 145 cm³/mol. The lowest BCUT2D eigenvalue weighted by atomic mass is 9.92. The van der Waals surface area contributed by atoms with Crippen molar-refractivity contribution in [2.24, 2.45) is 0 Å². The molecule has 0 saturated carbocycles. The number of carbonyl (C=O) groups is 1. The molecule has 5 rings (SSSR count). The van der Waals surface area contributed by atoms with Crippen LogP contribution in [0.2, 0.25) is 5.02 Å². The van der Waals surface area contributed by atoms with Gasteiger partial charge in [-0.3, -0.25) is 0 Å². The number of fused-ring (bicyclic) bond motifs is 1. The maximum absolute atomic E-state index is 13.4. The summed E-state index contributed by atoms with van der Waals surface area (Å²) in [6.45, 7) is 4.64. The van der Waals surface area contributed by atoms with Gasteiger partial charge in [-0.15, -0.1) is 0 Å². The number of hydrogen-bond donors (Lipinski definition) is 1. The first-order chi connectivity index (χ1) is 18.6. The van der Waals surface area contributed by atoms with Gasteiger partial charge in [-0.05, 0) is 43.2 Å². The van der Waals surface area contributed by atoms with E-state index < -0.39 is 12.0 Å². The van der Waals surface area contributed by atoms with Crippen molar-refractivity contribution in [3.8, 4) is 11.5 Å². The van der Waals surface area contributed by atoms with Crippen LogP contribution in [0.3, 0.4) is 0 Å². The lowest BCUT2D eigenvalue weighted by Crippen LogP contribution is -2.30. The summed E-state index contributed by atoms with van der Waals surface area (Å²) in [7, 11) is 0. The fraction of sp³-hybridized carbons (Fsp3) is 0.207. The highest BCUT2D eigenvalue weighted by Crippen LogP contribution is 2.41. The molecule has 0 amide bonds. The molecule has 0 fully saturated rings. The first-order valence-corrected chi connectivity index (χ1v) is 12.7. The average molecular weight is 531 g/mol. The Morgan fingerprint density at radius 3 is 2.53 bits per heavy atom. The summed E-state index contributed by atoms with van der Waals surface area (Å²) in [6, 6.07) is 22.1. The SMILES string of the molecule is CCOC(=O)C1=C(c2ccccc2)Nc2ncnn2[C@H]1c1ccc(OCc2ccccc2Cl)c(OCC)c1. The minimum Gasteiger partial charge on any atom is -0.490 e. The number of rotatable bonds is 9. The Labute approximate surface area is 225 Å². The number of hydrogen-bond acceptors (Lipinski definition) is 7. The lowest BCUT2D eigenvalue weighted by molar-refractivity contribution is -0.138. The largest absolute Gasteiger partial charge is 0.490 e. The van der Waals surface area contributed by atoms with Crippen molar-refractivity contribution in [1.29, 1.82) is 0 Å². The van der Waals surface area contributed by atoms with Crippen LogP contribution in [0, 0.1) is 0 Å². The third kappa shape index (κ3) is 5.08. The van der Waals surface area contributed by atoms with E-state index in [1.54, 1.807) is 11.6 Å². The van der Waals surface area contributed by atoms with Gasteiger partial charge in [0.1, 0.15) is 19.0 Å². The molecule has 1 aliphatic rings. The number of esters is 1. The third-order valence-electron chi connectivity index (χ3n) is 6.08. The van der Waals surface area contributed by atoms with Gasteiger partial charge in [-0.1, -0.05) is 66.2 Å². The van der Waals surface area contributed by atoms with Crippen molar-refractivity contribution in [3.63, 3.8) is 0 Å². The Balaban J connectivity index is 1.59. The molecule has 2 heterocycles. The average Bonchev–Trinajstić information content (AvgIpc) is 3.41. The van der Waals surface area contributed by atoms with Crippen LogP contribution in [0.25, 0.3) is 5.70 Å². The van der Waals surface area contributed by atoms with Gasteiger partial charge in [0.25, 0.3) is 0 Å². The number of nitrogens with one attached hydrogen (secondary N) is 1. The summed E-state index contributed by atoms with van der Waals surface area (Å²) < 4.78 is 19.2. The molecule has 0 saturated heterocycles. The van der Waals surface area contributed by atoms with Crippen LogP contribution < -0.4 is 14.8 Å². The second-order valence-electron chi connectivity index (χ2n) is 8.45. The topological polar surface area (TPSA) is 87.5 Å². The highest BCUT2D eigenvalue weighted by molar-refractivity contribution is 6.31. The van der Waals surface area contributed by atoms with Crippen LogP contribution in [0.4, 0.5) is 5.95 Å². The minimum atomic E-state index is -0.611. The standard InChI is InChI=1S/C29H27ClN4O4/c1-3-36-24-16-20(14-15-23(24)38-17-21-12-8-9-13-22(21)30)27-25(28(35)37-4-2)26(19-10-6-5-7-11-19)33-29-31-18-32-34(27)29/h5-16,18,27H,3-4,17H2,1-2H3,(H,31,32,33)/t27-/m0/s1. The molecule has 0 aliphatic carbocycles. The second-order valence-corrected chi connectivity index (χ2v) is 8.86. The number of benzene rings is 3. The Kier molecular flexibility index (Phi) is 7.60. The molecule has 1 aromatic heterocycles. The number of halogens is 1. The van der Waals surface area contributed by atoms with Crippen LogP contribution in [0.1, 0.15) is 36.6 Å². The summed E-state index contributed by atoms with van der Waals surface area (Å²) in [5, 5.41) is 8.34. The number of ether oxygens (including phenoxy) is 3. The molecule has 0 unspecified atom stereocenters. The highest BCUT2D eigenvalue weighted by Gasteiger charge is 2.36. The zero-order valence-electron chi connectivity index (χ0n) is 21.1. The molecule has 1 N–H and O–H groups in total. The van der Waals surface area contributed by atoms with Crippen molar-refractivity contribution in [2.45, 2.75) is 26.5 Å². The molecular formula is C29H27ClN4O4. The van der Waals surface area contributed by atoms with Crippen molar-refractivity contribution in [3.05, 3.63) is 106 Å². The molecule has 38 heavy (non-hydrogen) atoms. The van der Waals surface area contributed by atoms with E-state index in [4.69, 9.17) is 25.8 Å². The Morgan fingerprint density at radius 2 is 1.76 bits per heavy atom. The van der Waals surface area contributed by atoms with E-state index >= 15 is 0 Å². The van der Waals surface area contributed by atoms with Gasteiger partial charge in [0.15, 0.2) is 11.5 Å². The Hall–Kier alpha value is -4.30.